The van der Waals surface area contributed by atoms with Crippen molar-refractivity contribution in [1.29, 1.82) is 0 Å². The summed E-state index contributed by atoms with van der Waals surface area (Å²) in [5, 5.41) is 21.1. The topological polar surface area (TPSA) is 104 Å². The molecule has 0 saturated carbocycles. The molecule has 0 fully saturated rings. The number of aliphatic hydroxyl groups is 1. The van der Waals surface area contributed by atoms with Crippen LogP contribution in [0.15, 0.2) is 10.6 Å². The first-order valence-electron chi connectivity index (χ1n) is 5.05. The SMILES string of the molecule is CC(O)CCN(C)C(=O)c1cc(C(=O)O)on1. The number of nitrogens with zero attached hydrogens (tertiary/aromatic N) is 2. The third-order valence-corrected chi connectivity index (χ3v) is 2.17. The van der Waals surface area contributed by atoms with Crippen LogP contribution in [0.1, 0.15) is 34.4 Å². The highest BCUT2D eigenvalue weighted by Gasteiger charge is 2.19. The molecule has 1 atom stereocenters. The second-order valence-electron chi connectivity index (χ2n) is 3.75. The molecular weight excluding hydrogens is 228 g/mol. The zero-order chi connectivity index (χ0) is 13.0. The predicted molar refractivity (Wildman–Crippen MR) is 56.7 cm³/mol. The molecule has 0 aliphatic rings. The van der Waals surface area contributed by atoms with Crippen molar-refractivity contribution in [2.24, 2.45) is 0 Å². The monoisotopic (exact) mass is 242 g/mol. The molecule has 17 heavy (non-hydrogen) atoms. The van der Waals surface area contributed by atoms with E-state index in [0.717, 1.165) is 6.07 Å². The first-order valence-corrected chi connectivity index (χ1v) is 5.05. The van der Waals surface area contributed by atoms with Crippen LogP contribution in [0.5, 0.6) is 0 Å². The number of hydrogen-bond donors (Lipinski definition) is 2. The van der Waals surface area contributed by atoms with E-state index < -0.39 is 18.0 Å². The number of carbonyl (C=O) groups excluding carboxylic acids is 1. The Morgan fingerprint density at radius 2 is 2.24 bits per heavy atom. The summed E-state index contributed by atoms with van der Waals surface area (Å²) < 4.78 is 4.48. The molecular formula is C10H14N2O5. The van der Waals surface area contributed by atoms with E-state index >= 15 is 0 Å². The number of aromatic nitrogens is 1. The lowest BCUT2D eigenvalue weighted by Gasteiger charge is -2.16. The van der Waals surface area contributed by atoms with Crippen LogP contribution in [-0.2, 0) is 0 Å². The smallest absolute Gasteiger partial charge is 0.374 e. The first kappa shape index (κ1) is 13.2. The lowest BCUT2D eigenvalue weighted by Crippen LogP contribution is -2.29. The maximum Gasteiger partial charge on any atom is 0.374 e. The molecule has 1 rings (SSSR count). The first-order chi connectivity index (χ1) is 7.91. The lowest BCUT2D eigenvalue weighted by atomic mass is 10.2. The van der Waals surface area contributed by atoms with Crippen molar-refractivity contribution >= 4 is 11.9 Å². The van der Waals surface area contributed by atoms with Crippen LogP contribution >= 0.6 is 0 Å². The summed E-state index contributed by atoms with van der Waals surface area (Å²) in [4.78, 5) is 23.6. The van der Waals surface area contributed by atoms with E-state index in [2.05, 4.69) is 9.68 Å². The van der Waals surface area contributed by atoms with Gasteiger partial charge in [-0.2, -0.15) is 0 Å². The van der Waals surface area contributed by atoms with Gasteiger partial charge in [-0.15, -0.1) is 0 Å². The Morgan fingerprint density at radius 1 is 1.59 bits per heavy atom. The second-order valence-corrected chi connectivity index (χ2v) is 3.75. The fraction of sp³-hybridized carbons (Fsp3) is 0.500. The molecule has 0 radical (unpaired) electrons. The standard InChI is InChI=1S/C10H14N2O5/c1-6(13)3-4-12(2)9(14)7-5-8(10(15)16)17-11-7/h5-6,13H,3-4H2,1-2H3,(H,15,16). The lowest BCUT2D eigenvalue weighted by molar-refractivity contribution is 0.0648. The quantitative estimate of drug-likeness (QED) is 0.765. The zero-order valence-corrected chi connectivity index (χ0v) is 9.58. The maximum atomic E-state index is 11.7. The molecule has 1 aromatic heterocycles. The van der Waals surface area contributed by atoms with Crippen LogP contribution in [0.4, 0.5) is 0 Å². The molecule has 0 aromatic carbocycles. The van der Waals surface area contributed by atoms with E-state index in [9.17, 15) is 9.59 Å². The third kappa shape index (κ3) is 3.56. The molecule has 0 aliphatic heterocycles. The molecule has 1 amide bonds. The minimum atomic E-state index is -1.27. The summed E-state index contributed by atoms with van der Waals surface area (Å²) in [6, 6.07) is 1.07. The molecule has 1 unspecified atom stereocenters. The Hall–Kier alpha value is -1.89. The molecule has 7 nitrogen and oxygen atoms in total. The van der Waals surface area contributed by atoms with E-state index in [1.807, 2.05) is 0 Å². The van der Waals surface area contributed by atoms with Gasteiger partial charge < -0.3 is 19.6 Å². The number of amides is 1. The van der Waals surface area contributed by atoms with Crippen LogP contribution in [-0.4, -0.2) is 51.8 Å². The summed E-state index contributed by atoms with van der Waals surface area (Å²) >= 11 is 0. The number of aromatic carboxylic acids is 1. The Kier molecular flexibility index (Phi) is 4.22. The number of aliphatic hydroxyl groups excluding tert-OH is 1. The Bertz CT molecular complexity index is 413. The van der Waals surface area contributed by atoms with Gasteiger partial charge in [-0.05, 0) is 13.3 Å². The van der Waals surface area contributed by atoms with Crippen molar-refractivity contribution in [2.75, 3.05) is 13.6 Å². The molecule has 0 aliphatic carbocycles. The Morgan fingerprint density at radius 3 is 2.71 bits per heavy atom. The van der Waals surface area contributed by atoms with Crippen LogP contribution in [0, 0.1) is 0 Å². The van der Waals surface area contributed by atoms with E-state index in [1.165, 1.54) is 4.90 Å². The van der Waals surface area contributed by atoms with Crippen molar-refractivity contribution in [2.45, 2.75) is 19.4 Å². The molecule has 94 valence electrons. The molecule has 2 N–H and O–H groups in total. The molecule has 1 heterocycles. The van der Waals surface area contributed by atoms with Crippen molar-refractivity contribution in [3.63, 3.8) is 0 Å². The summed E-state index contributed by atoms with van der Waals surface area (Å²) in [6.07, 6.45) is -0.0663. The Balaban J connectivity index is 2.65. The van der Waals surface area contributed by atoms with Crippen LogP contribution < -0.4 is 0 Å². The fourth-order valence-corrected chi connectivity index (χ4v) is 1.15. The van der Waals surface area contributed by atoms with Gasteiger partial charge in [0.2, 0.25) is 5.76 Å². The molecule has 0 bridgehead atoms. The fourth-order valence-electron chi connectivity index (χ4n) is 1.15. The number of carbonyl (C=O) groups is 2. The zero-order valence-electron chi connectivity index (χ0n) is 9.58. The van der Waals surface area contributed by atoms with Gasteiger partial charge in [0, 0.05) is 19.7 Å². The molecule has 1 aromatic rings. The van der Waals surface area contributed by atoms with Gasteiger partial charge >= 0.3 is 5.97 Å². The van der Waals surface area contributed by atoms with Crippen molar-refractivity contribution in [3.8, 4) is 0 Å². The third-order valence-electron chi connectivity index (χ3n) is 2.17. The highest BCUT2D eigenvalue weighted by atomic mass is 16.5. The van der Waals surface area contributed by atoms with Gasteiger partial charge in [-0.3, -0.25) is 4.79 Å². The largest absolute Gasteiger partial charge is 0.475 e. The number of carboxylic acid groups (broad SMARTS) is 1. The highest BCUT2D eigenvalue weighted by molar-refractivity contribution is 5.94. The van der Waals surface area contributed by atoms with Crippen LogP contribution in [0.3, 0.4) is 0 Å². The van der Waals surface area contributed by atoms with Gasteiger partial charge in [0.1, 0.15) is 0 Å². The summed E-state index contributed by atoms with van der Waals surface area (Å²) in [7, 11) is 1.54. The minimum Gasteiger partial charge on any atom is -0.475 e. The van der Waals surface area contributed by atoms with E-state index in [1.54, 1.807) is 14.0 Å². The second kappa shape index (κ2) is 5.44. The Labute approximate surface area is 97.6 Å². The maximum absolute atomic E-state index is 11.7. The average molecular weight is 242 g/mol. The van der Waals surface area contributed by atoms with Crippen molar-refractivity contribution < 1.29 is 24.3 Å². The van der Waals surface area contributed by atoms with Gasteiger partial charge in [0.05, 0.1) is 6.10 Å². The van der Waals surface area contributed by atoms with E-state index in [0.29, 0.717) is 13.0 Å². The predicted octanol–water partition coefficient (Wildman–Crippen LogP) is 0.216. The van der Waals surface area contributed by atoms with Crippen molar-refractivity contribution in [3.05, 3.63) is 17.5 Å². The summed E-state index contributed by atoms with van der Waals surface area (Å²) in [6.45, 7) is 1.97. The van der Waals surface area contributed by atoms with Crippen LogP contribution in [0.25, 0.3) is 0 Å². The molecule has 0 spiro atoms. The van der Waals surface area contributed by atoms with Crippen LogP contribution in [0.2, 0.25) is 0 Å². The van der Waals surface area contributed by atoms with E-state index in [4.69, 9.17) is 10.2 Å². The van der Waals surface area contributed by atoms with Gasteiger partial charge in [0.25, 0.3) is 5.91 Å². The van der Waals surface area contributed by atoms with Gasteiger partial charge in [-0.25, -0.2) is 4.79 Å². The van der Waals surface area contributed by atoms with Gasteiger partial charge in [0.15, 0.2) is 5.69 Å². The normalized spacial score (nSPS) is 12.2. The molecule has 0 saturated heterocycles. The highest BCUT2D eigenvalue weighted by Crippen LogP contribution is 2.07. The van der Waals surface area contributed by atoms with E-state index in [-0.39, 0.29) is 11.5 Å². The van der Waals surface area contributed by atoms with Crippen molar-refractivity contribution in [1.82, 2.24) is 10.1 Å². The number of rotatable bonds is 5. The average Bonchev–Trinajstić information content (AvgIpc) is 2.73. The summed E-state index contributed by atoms with van der Waals surface area (Å²) in [5.41, 5.74) is -0.0597. The summed E-state index contributed by atoms with van der Waals surface area (Å²) in [5.74, 6) is -2.10. The van der Waals surface area contributed by atoms with Gasteiger partial charge in [-0.1, -0.05) is 5.16 Å². The minimum absolute atomic E-state index is 0.0597. The number of carboxylic acids is 1. The molecule has 7 heteroatoms. The number of hydrogen-bond acceptors (Lipinski definition) is 5.